The smallest absolute Gasteiger partial charge is 0.397 e. The number of benzene rings is 1. The minimum atomic E-state index is -4.58. The summed E-state index contributed by atoms with van der Waals surface area (Å²) in [4.78, 5) is 16.6. The molecule has 130 valence electrons. The molecule has 3 N–H and O–H groups in total. The van der Waals surface area contributed by atoms with E-state index in [0.29, 0.717) is 5.69 Å². The molecule has 1 aromatic carbocycles. The molecule has 0 radical (unpaired) electrons. The van der Waals surface area contributed by atoms with Crippen LogP contribution in [-0.4, -0.2) is 10.9 Å². The molecule has 0 saturated heterocycles. The van der Waals surface area contributed by atoms with E-state index in [4.69, 9.17) is 5.73 Å². The maximum absolute atomic E-state index is 13.3. The number of aromatic nitrogens is 1. The molecule has 0 unspecified atom stereocenters. The van der Waals surface area contributed by atoms with Gasteiger partial charge in [0.15, 0.2) is 0 Å². The van der Waals surface area contributed by atoms with Gasteiger partial charge in [0, 0.05) is 16.8 Å². The predicted octanol–water partition coefficient (Wildman–Crippen LogP) is 4.77. The van der Waals surface area contributed by atoms with Crippen LogP contribution >= 0.6 is 11.3 Å². The van der Waals surface area contributed by atoms with Gasteiger partial charge in [-0.25, -0.2) is 4.98 Å². The number of thiophene rings is 1. The average molecular weight is 365 g/mol. The van der Waals surface area contributed by atoms with Gasteiger partial charge in [-0.15, -0.1) is 11.3 Å². The maximum Gasteiger partial charge on any atom is 0.417 e. The van der Waals surface area contributed by atoms with Crippen LogP contribution in [-0.2, 0) is 6.18 Å². The van der Waals surface area contributed by atoms with Gasteiger partial charge in [0.1, 0.15) is 9.71 Å². The molecule has 0 spiro atoms. The molecule has 3 aromatic rings. The molecule has 0 bridgehead atoms. The monoisotopic (exact) mass is 365 g/mol. The number of aryl methyl sites for hydroxylation is 2. The summed E-state index contributed by atoms with van der Waals surface area (Å²) >= 11 is 0.851. The number of nitrogens with two attached hydrogens (primary N) is 1. The lowest BCUT2D eigenvalue weighted by Crippen LogP contribution is -2.12. The molecule has 2 aromatic heterocycles. The van der Waals surface area contributed by atoms with Crippen molar-refractivity contribution in [2.24, 2.45) is 0 Å². The van der Waals surface area contributed by atoms with Crippen molar-refractivity contribution in [1.29, 1.82) is 0 Å². The Kier molecular flexibility index (Phi) is 4.16. The van der Waals surface area contributed by atoms with E-state index in [-0.39, 0.29) is 26.5 Å². The lowest BCUT2D eigenvalue weighted by molar-refractivity contribution is -0.136. The van der Waals surface area contributed by atoms with Gasteiger partial charge in [-0.05, 0) is 32.0 Å². The number of carbonyl (C=O) groups is 1. The highest BCUT2D eigenvalue weighted by Crippen LogP contribution is 2.42. The zero-order valence-electron chi connectivity index (χ0n) is 13.4. The van der Waals surface area contributed by atoms with E-state index < -0.39 is 17.6 Å². The Morgan fingerprint density at radius 2 is 1.84 bits per heavy atom. The number of nitrogens with one attached hydrogen (secondary N) is 1. The third kappa shape index (κ3) is 3.30. The second kappa shape index (κ2) is 6.03. The van der Waals surface area contributed by atoms with Crippen molar-refractivity contribution in [3.63, 3.8) is 0 Å². The van der Waals surface area contributed by atoms with Crippen LogP contribution < -0.4 is 11.1 Å². The fourth-order valence-electron chi connectivity index (χ4n) is 2.46. The highest BCUT2D eigenvalue weighted by molar-refractivity contribution is 7.21. The zero-order chi connectivity index (χ0) is 18.4. The quantitative estimate of drug-likeness (QED) is 0.688. The summed E-state index contributed by atoms with van der Waals surface area (Å²) in [6.07, 6.45) is -4.58. The number of alkyl halides is 3. The molecular formula is C17H14F3N3OS. The second-order valence-corrected chi connectivity index (χ2v) is 6.65. The van der Waals surface area contributed by atoms with Crippen LogP contribution in [0.2, 0.25) is 0 Å². The summed E-state index contributed by atoms with van der Waals surface area (Å²) in [5.41, 5.74) is 6.57. The second-order valence-electron chi connectivity index (χ2n) is 5.65. The van der Waals surface area contributed by atoms with Crippen molar-refractivity contribution in [3.8, 4) is 0 Å². The minimum Gasteiger partial charge on any atom is -0.397 e. The topological polar surface area (TPSA) is 68.0 Å². The first-order valence-electron chi connectivity index (χ1n) is 7.31. The Morgan fingerprint density at radius 3 is 2.44 bits per heavy atom. The van der Waals surface area contributed by atoms with Gasteiger partial charge in [0.25, 0.3) is 5.91 Å². The number of nitrogen functional groups attached to an aromatic ring is 1. The van der Waals surface area contributed by atoms with Gasteiger partial charge in [-0.1, -0.05) is 17.7 Å². The summed E-state index contributed by atoms with van der Waals surface area (Å²) < 4.78 is 39.9. The van der Waals surface area contributed by atoms with Crippen LogP contribution in [0.15, 0.2) is 30.3 Å². The zero-order valence-corrected chi connectivity index (χ0v) is 14.2. The molecule has 0 saturated carbocycles. The molecule has 25 heavy (non-hydrogen) atoms. The first-order chi connectivity index (χ1) is 11.7. The summed E-state index contributed by atoms with van der Waals surface area (Å²) in [5.74, 6) is -0.560. The average Bonchev–Trinajstić information content (AvgIpc) is 2.84. The molecule has 4 nitrogen and oxygen atoms in total. The van der Waals surface area contributed by atoms with Crippen LogP contribution in [0.3, 0.4) is 0 Å². The van der Waals surface area contributed by atoms with Crippen molar-refractivity contribution < 1.29 is 18.0 Å². The first-order valence-corrected chi connectivity index (χ1v) is 8.13. The molecule has 0 aliphatic rings. The summed E-state index contributed by atoms with van der Waals surface area (Å²) in [6, 6.07) is 7.99. The maximum atomic E-state index is 13.3. The van der Waals surface area contributed by atoms with Gasteiger partial charge < -0.3 is 11.1 Å². The van der Waals surface area contributed by atoms with Crippen molar-refractivity contribution in [2.45, 2.75) is 20.0 Å². The number of carbonyl (C=O) groups excluding carboxylic acids is 1. The molecule has 8 heteroatoms. The normalized spacial score (nSPS) is 11.7. The van der Waals surface area contributed by atoms with E-state index in [1.807, 2.05) is 19.1 Å². The fourth-order valence-corrected chi connectivity index (χ4v) is 3.52. The van der Waals surface area contributed by atoms with Crippen molar-refractivity contribution in [1.82, 2.24) is 4.98 Å². The van der Waals surface area contributed by atoms with Crippen LogP contribution in [0.1, 0.15) is 26.5 Å². The van der Waals surface area contributed by atoms with Crippen molar-refractivity contribution in [3.05, 3.63) is 52.0 Å². The van der Waals surface area contributed by atoms with Crippen LogP contribution in [0.5, 0.6) is 0 Å². The first kappa shape index (κ1) is 17.2. The number of nitrogens with zero attached hydrogens (tertiary/aromatic N) is 1. The minimum absolute atomic E-state index is 0.0131. The van der Waals surface area contributed by atoms with Crippen molar-refractivity contribution in [2.75, 3.05) is 11.1 Å². The molecular weight excluding hydrogens is 351 g/mol. The highest BCUT2D eigenvalue weighted by atomic mass is 32.1. The van der Waals surface area contributed by atoms with Gasteiger partial charge in [0.05, 0.1) is 11.3 Å². The van der Waals surface area contributed by atoms with Gasteiger partial charge in [-0.3, -0.25) is 4.79 Å². The van der Waals surface area contributed by atoms with E-state index in [2.05, 4.69) is 10.3 Å². The number of hydrogen-bond acceptors (Lipinski definition) is 4. The summed E-state index contributed by atoms with van der Waals surface area (Å²) in [7, 11) is 0. The highest BCUT2D eigenvalue weighted by Gasteiger charge is 2.35. The van der Waals surface area contributed by atoms with Crippen LogP contribution in [0.4, 0.5) is 24.5 Å². The molecule has 0 aliphatic heterocycles. The lowest BCUT2D eigenvalue weighted by Gasteiger charge is -2.09. The molecule has 1 amide bonds. The Bertz CT molecular complexity index is 962. The lowest BCUT2D eigenvalue weighted by atomic mass is 10.1. The molecule has 0 fully saturated rings. The SMILES string of the molecule is Cc1ccc(NC(=O)c2sc3nc(C)cc(C(F)(F)F)c3c2N)cc1. The van der Waals surface area contributed by atoms with Gasteiger partial charge >= 0.3 is 6.18 Å². The fraction of sp³-hybridized carbons (Fsp3) is 0.176. The van der Waals surface area contributed by atoms with Crippen LogP contribution in [0.25, 0.3) is 10.2 Å². The Morgan fingerprint density at radius 1 is 1.20 bits per heavy atom. The number of anilines is 2. The Labute approximate surface area is 145 Å². The number of halogens is 3. The van der Waals surface area contributed by atoms with E-state index in [0.717, 1.165) is 23.0 Å². The molecule has 3 rings (SSSR count). The van der Waals surface area contributed by atoms with Crippen LogP contribution in [0, 0.1) is 13.8 Å². The van der Waals surface area contributed by atoms with Crippen molar-refractivity contribution >= 4 is 38.8 Å². The van der Waals surface area contributed by atoms with Gasteiger partial charge in [0.2, 0.25) is 0 Å². The third-order valence-electron chi connectivity index (χ3n) is 3.65. The Hall–Kier alpha value is -2.61. The Balaban J connectivity index is 2.07. The van der Waals surface area contributed by atoms with E-state index in [1.165, 1.54) is 6.92 Å². The third-order valence-corrected chi connectivity index (χ3v) is 4.75. The van der Waals surface area contributed by atoms with E-state index in [9.17, 15) is 18.0 Å². The number of pyridine rings is 1. The number of rotatable bonds is 2. The number of amides is 1. The summed E-state index contributed by atoms with van der Waals surface area (Å²) in [5, 5.41) is 2.42. The van der Waals surface area contributed by atoms with E-state index in [1.54, 1.807) is 12.1 Å². The molecule has 0 aliphatic carbocycles. The predicted molar refractivity (Wildman–Crippen MR) is 92.9 cm³/mol. The standard InChI is InChI=1S/C17H14F3N3OS/c1-8-3-5-10(6-4-8)23-15(24)14-13(21)12-11(17(18,19)20)7-9(2)22-16(12)25-14/h3-7H,21H2,1-2H3,(H,23,24). The number of hydrogen-bond donors (Lipinski definition) is 2. The summed E-state index contributed by atoms with van der Waals surface area (Å²) in [6.45, 7) is 3.37. The largest absolute Gasteiger partial charge is 0.417 e. The molecule has 2 heterocycles. The van der Waals surface area contributed by atoms with E-state index >= 15 is 0 Å². The number of fused-ring (bicyclic) bond motifs is 1. The van der Waals surface area contributed by atoms with Gasteiger partial charge in [-0.2, -0.15) is 13.2 Å². The molecule has 0 atom stereocenters.